The molecule has 2 spiro atoms. The number of hydrogen-bond donors (Lipinski definition) is 6. The molecule has 0 radical (unpaired) electrons. The second-order valence-corrected chi connectivity index (χ2v) is 26.0. The Hall–Kier alpha value is -11.3. The van der Waals surface area contributed by atoms with Crippen LogP contribution in [0.3, 0.4) is 0 Å². The Morgan fingerprint density at radius 2 is 0.890 bits per heavy atom. The van der Waals surface area contributed by atoms with Gasteiger partial charge in [-0.2, -0.15) is 0 Å². The van der Waals surface area contributed by atoms with Crippen molar-refractivity contribution in [2.24, 2.45) is 5.41 Å². The molecule has 0 aromatic heterocycles. The van der Waals surface area contributed by atoms with E-state index in [1.165, 1.54) is 68.1 Å². The van der Waals surface area contributed by atoms with Crippen LogP contribution in [0.2, 0.25) is 0 Å². The fourth-order valence-electron chi connectivity index (χ4n) is 13.7. The summed E-state index contributed by atoms with van der Waals surface area (Å²) in [6.45, 7) is 13.6. The van der Waals surface area contributed by atoms with Gasteiger partial charge in [-0.3, -0.25) is 9.59 Å². The predicted molar refractivity (Wildman–Crippen MR) is 382 cm³/mol. The first-order valence-corrected chi connectivity index (χ1v) is 33.0. The average Bonchev–Trinajstić information content (AvgIpc) is 1.39. The van der Waals surface area contributed by atoms with Crippen LogP contribution in [0.1, 0.15) is 155 Å². The van der Waals surface area contributed by atoms with Crippen molar-refractivity contribution < 1.29 is 73.2 Å². The number of phenols is 4. The molecule has 0 bridgehead atoms. The van der Waals surface area contributed by atoms with Gasteiger partial charge in [0.2, 0.25) is 0 Å². The van der Waals surface area contributed by atoms with E-state index in [-0.39, 0.29) is 55.2 Å². The van der Waals surface area contributed by atoms with Crippen molar-refractivity contribution in [3.05, 3.63) is 249 Å². The lowest BCUT2D eigenvalue weighted by molar-refractivity contribution is -0.143. The van der Waals surface area contributed by atoms with Gasteiger partial charge in [0.25, 0.3) is 0 Å². The Bertz CT molecular complexity index is 4580. The second kappa shape index (κ2) is 29.0. The van der Waals surface area contributed by atoms with Crippen molar-refractivity contribution >= 4 is 46.7 Å². The lowest BCUT2D eigenvalue weighted by Gasteiger charge is -2.37. The molecule has 7 heterocycles. The van der Waals surface area contributed by atoms with E-state index in [1.807, 2.05) is 106 Å². The Labute approximate surface area is 581 Å². The molecule has 2 atom stereocenters. The summed E-state index contributed by atoms with van der Waals surface area (Å²) in [6, 6.07) is 54.6. The van der Waals surface area contributed by atoms with E-state index in [0.29, 0.717) is 51.2 Å². The van der Waals surface area contributed by atoms with E-state index in [1.54, 1.807) is 48.5 Å². The Morgan fingerprint density at radius 3 is 1.42 bits per heavy atom. The van der Waals surface area contributed by atoms with Gasteiger partial charge in [0.05, 0.1) is 27.7 Å². The number of carbonyl (C=O) groups excluding carboxylic acids is 4. The number of carbonyl (C=O) groups is 5. The van der Waals surface area contributed by atoms with Crippen LogP contribution in [0.15, 0.2) is 188 Å². The van der Waals surface area contributed by atoms with Gasteiger partial charge in [0.1, 0.15) is 40.2 Å². The summed E-state index contributed by atoms with van der Waals surface area (Å²) in [7, 11) is 0. The molecule has 3 fully saturated rings. The summed E-state index contributed by atoms with van der Waals surface area (Å²) in [6.07, 6.45) is 7.21. The lowest BCUT2D eigenvalue weighted by atomic mass is 9.77. The number of anilines is 3. The maximum atomic E-state index is 13.1. The summed E-state index contributed by atoms with van der Waals surface area (Å²) < 4.78 is 30.7. The van der Waals surface area contributed by atoms with Crippen molar-refractivity contribution in [3.63, 3.8) is 0 Å². The number of hydrogen-bond acceptors (Lipinski definition) is 18. The average molecular weight is 1350 g/mol. The van der Waals surface area contributed by atoms with Crippen LogP contribution in [-0.4, -0.2) is 108 Å². The van der Waals surface area contributed by atoms with Gasteiger partial charge in [-0.05, 0) is 150 Å². The number of ether oxygens (including phenoxy) is 5. The van der Waals surface area contributed by atoms with Gasteiger partial charge in [0, 0.05) is 139 Å². The molecule has 16 rings (SSSR count). The van der Waals surface area contributed by atoms with Crippen molar-refractivity contribution in [2.75, 3.05) is 67.1 Å². The van der Waals surface area contributed by atoms with E-state index < -0.39 is 39.9 Å². The van der Waals surface area contributed by atoms with Crippen molar-refractivity contribution in [1.82, 2.24) is 5.32 Å². The fraction of sp³-hybridized carbons (Fsp3) is 0.272. The number of ketones is 1. The minimum absolute atomic E-state index is 0. The highest BCUT2D eigenvalue weighted by molar-refractivity contribution is 6.15. The van der Waals surface area contributed by atoms with E-state index in [2.05, 4.69) is 32.1 Å². The first-order valence-electron chi connectivity index (χ1n) is 33.0. The molecule has 6 N–H and O–H groups in total. The number of nitrogens with zero attached hydrogens (tertiary/aromatic N) is 3. The molecular formula is C81H82N4O15. The molecule has 9 aromatic carbocycles. The number of carboxylic acids is 1. The molecule has 516 valence electrons. The van der Waals surface area contributed by atoms with Crippen LogP contribution >= 0.6 is 0 Å². The van der Waals surface area contributed by atoms with Crippen molar-refractivity contribution in [2.45, 2.75) is 85.4 Å². The number of esters is 3. The van der Waals surface area contributed by atoms with Crippen LogP contribution in [-0.2, 0) is 25.5 Å². The van der Waals surface area contributed by atoms with E-state index in [9.17, 15) is 44.4 Å². The number of para-hydroxylation sites is 1. The van der Waals surface area contributed by atoms with E-state index in [0.717, 1.165) is 110 Å². The number of piperidine rings is 2. The summed E-state index contributed by atoms with van der Waals surface area (Å²) in [4.78, 5) is 68.7. The fourth-order valence-corrected chi connectivity index (χ4v) is 13.7. The van der Waals surface area contributed by atoms with Gasteiger partial charge in [0.15, 0.2) is 28.5 Å². The zero-order valence-electron chi connectivity index (χ0n) is 54.5. The molecule has 9 aromatic rings. The molecule has 7 aliphatic rings. The van der Waals surface area contributed by atoms with E-state index >= 15 is 0 Å². The third-order valence-electron chi connectivity index (χ3n) is 18.6. The number of aromatic carboxylic acids is 1. The molecule has 0 saturated carbocycles. The third-order valence-corrected chi connectivity index (χ3v) is 18.6. The Balaban J connectivity index is 0.000000142. The van der Waals surface area contributed by atoms with Crippen molar-refractivity contribution in [1.29, 1.82) is 0 Å². The van der Waals surface area contributed by atoms with Gasteiger partial charge in [-0.25, -0.2) is 14.4 Å². The Morgan fingerprint density at radius 1 is 0.450 bits per heavy atom. The first-order chi connectivity index (χ1) is 47.3. The number of phenolic OH excluding ortho intramolecular Hbond substituents is 4. The van der Waals surface area contributed by atoms with E-state index in [4.69, 9.17) is 28.8 Å². The zero-order valence-corrected chi connectivity index (χ0v) is 54.5. The number of rotatable bonds is 7. The molecule has 19 nitrogen and oxygen atoms in total. The normalized spacial score (nSPS) is 17.9. The molecule has 2 unspecified atom stereocenters. The van der Waals surface area contributed by atoms with Gasteiger partial charge >= 0.3 is 23.9 Å². The van der Waals surface area contributed by atoms with Crippen molar-refractivity contribution in [3.8, 4) is 51.7 Å². The summed E-state index contributed by atoms with van der Waals surface area (Å²) >= 11 is 0. The topological polar surface area (TPSA) is 254 Å². The maximum absolute atomic E-state index is 13.1. The first kappa shape index (κ1) is 70.0. The summed E-state index contributed by atoms with van der Waals surface area (Å²) in [5, 5.41) is 50.7. The standard InChI is InChI=1S/C30H29NO5.C25H21NO4.C14H10O5.C10H14N2O.2CH4/c1-29(2,3)28(33)34-20-12-14-24-26(18-20)35-25-17-19(31-15-7-4-8-16-31)11-13-23(25)30(24)22-10-6-5-9-21(22)27(32)36-30;27-17-9-11-21-23(15-17)29-22-14-16(26-12-4-1-5-13-26)8-10-20(22)25(21)19-7-3-2-6-18(19)24(28)30-25;15-11-7-3-6-10(13(11)17)12(16)8-4-1-2-5-9(8)14(18)19;13-10-3-1-2-9(8-10)12-6-4-11-5-7-12;;/h5-6,9-14,17-18H,4,7-8,15-16H2,1-3H3;2-3,6-11,14-15,27H,1,4-5,12-13H2;1-7,15,17H,(H,18,19);1-3,8,11,13H,4-7H2;2*1H4. The zero-order chi connectivity index (χ0) is 68.5. The summed E-state index contributed by atoms with van der Waals surface area (Å²) in [5.74, 6) is -0.810. The number of piperazine rings is 1. The highest BCUT2D eigenvalue weighted by Crippen LogP contribution is 2.59. The summed E-state index contributed by atoms with van der Waals surface area (Å²) in [5.41, 5.74) is 5.79. The third kappa shape index (κ3) is 13.4. The van der Waals surface area contributed by atoms with Gasteiger partial charge < -0.3 is 69.2 Å². The highest BCUT2D eigenvalue weighted by atomic mass is 16.6. The minimum atomic E-state index is -1.23. The number of nitrogens with one attached hydrogen (secondary N) is 1. The molecule has 19 heteroatoms. The van der Waals surface area contributed by atoms with Crippen LogP contribution in [0, 0.1) is 5.41 Å². The highest BCUT2D eigenvalue weighted by Gasteiger charge is 2.55. The molecule has 3 saturated heterocycles. The molecule has 0 amide bonds. The van der Waals surface area contributed by atoms with Crippen LogP contribution in [0.4, 0.5) is 17.1 Å². The van der Waals surface area contributed by atoms with Crippen LogP contribution in [0.5, 0.6) is 51.7 Å². The molecule has 100 heavy (non-hydrogen) atoms. The number of carboxylic acid groups (broad SMARTS) is 1. The maximum Gasteiger partial charge on any atom is 0.340 e. The largest absolute Gasteiger partial charge is 0.508 e. The van der Waals surface area contributed by atoms with Crippen LogP contribution < -0.4 is 34.2 Å². The number of benzene rings is 9. The van der Waals surface area contributed by atoms with Crippen LogP contribution in [0.25, 0.3) is 0 Å². The lowest BCUT2D eigenvalue weighted by Crippen LogP contribution is -2.43. The number of aromatic hydroxyl groups is 4. The minimum Gasteiger partial charge on any atom is -0.508 e. The quantitative estimate of drug-likeness (QED) is 0.0375. The molecule has 0 aliphatic carbocycles. The second-order valence-electron chi connectivity index (χ2n) is 26.0. The van der Waals surface area contributed by atoms with Gasteiger partial charge in [-0.15, -0.1) is 0 Å². The Kier molecular flexibility index (Phi) is 20.3. The molecule has 7 aliphatic heterocycles. The molecular weight excluding hydrogens is 1270 g/mol. The monoisotopic (exact) mass is 1350 g/mol. The number of fused-ring (bicyclic) bond motifs is 12. The smallest absolute Gasteiger partial charge is 0.340 e. The SMILES string of the molecule is C.C.CC(C)(C)C(=O)Oc1ccc2c(c1)Oc1cc(N3CCCCC3)ccc1C21OC(=O)c2ccccc21.O=C(O)c1ccccc1C(=O)c1cccc(O)c1O.O=C1OC2(c3ccc(O)cc3Oc3cc(N4CCCCC4)ccc32)c2ccccc21.Oc1cccc(N2CCNCC2)c1. The van der Waals surface area contributed by atoms with Gasteiger partial charge in [-0.1, -0.05) is 81.6 Å². The predicted octanol–water partition coefficient (Wildman–Crippen LogP) is 15.2.